The lowest BCUT2D eigenvalue weighted by Gasteiger charge is -2.26. The van der Waals surface area contributed by atoms with Gasteiger partial charge in [-0.15, -0.1) is 0 Å². The molecular formula is C16H17BrFNO. The van der Waals surface area contributed by atoms with Gasteiger partial charge in [-0.1, -0.05) is 24.3 Å². The minimum absolute atomic E-state index is 0.274. The number of ether oxygens (including phenoxy) is 1. The molecule has 2 aromatic carbocycles. The fourth-order valence-electron chi connectivity index (χ4n) is 2.16. The van der Waals surface area contributed by atoms with E-state index in [0.717, 1.165) is 16.9 Å². The number of nitrogens with two attached hydrogens (primary N) is 1. The Balaban J connectivity index is 2.32. The summed E-state index contributed by atoms with van der Waals surface area (Å²) in [6.45, 7) is 1.93. The summed E-state index contributed by atoms with van der Waals surface area (Å²) in [4.78, 5) is 0. The summed E-state index contributed by atoms with van der Waals surface area (Å²) in [5.41, 5.74) is 7.60. The first-order valence-electron chi connectivity index (χ1n) is 6.30. The number of rotatable bonds is 4. The molecule has 0 fully saturated rings. The van der Waals surface area contributed by atoms with Crippen molar-refractivity contribution in [3.05, 3.63) is 63.9 Å². The Labute approximate surface area is 126 Å². The highest BCUT2D eigenvalue weighted by Crippen LogP contribution is 2.29. The Kier molecular flexibility index (Phi) is 4.45. The third kappa shape index (κ3) is 3.19. The van der Waals surface area contributed by atoms with Crippen LogP contribution in [0.25, 0.3) is 0 Å². The van der Waals surface area contributed by atoms with Gasteiger partial charge in [0.15, 0.2) is 0 Å². The second kappa shape index (κ2) is 5.94. The Hall–Kier alpha value is -1.39. The minimum atomic E-state index is -0.606. The second-order valence-corrected chi connectivity index (χ2v) is 5.83. The zero-order chi connectivity index (χ0) is 14.8. The van der Waals surface area contributed by atoms with Crippen molar-refractivity contribution < 1.29 is 9.13 Å². The van der Waals surface area contributed by atoms with Gasteiger partial charge in [0, 0.05) is 5.54 Å². The van der Waals surface area contributed by atoms with Crippen molar-refractivity contribution in [1.82, 2.24) is 0 Å². The fourth-order valence-corrected chi connectivity index (χ4v) is 2.57. The fraction of sp³-hybridized carbons (Fsp3) is 0.250. The van der Waals surface area contributed by atoms with Crippen LogP contribution in [-0.4, -0.2) is 7.11 Å². The van der Waals surface area contributed by atoms with Crippen LogP contribution in [0.5, 0.6) is 5.75 Å². The maximum absolute atomic E-state index is 13.6. The molecule has 0 radical (unpaired) electrons. The van der Waals surface area contributed by atoms with Crippen molar-refractivity contribution in [2.75, 3.05) is 7.11 Å². The van der Waals surface area contributed by atoms with Crippen LogP contribution in [0.3, 0.4) is 0 Å². The van der Waals surface area contributed by atoms with E-state index in [1.54, 1.807) is 13.2 Å². The molecule has 0 aliphatic carbocycles. The third-order valence-corrected chi connectivity index (χ3v) is 4.21. The zero-order valence-corrected chi connectivity index (χ0v) is 13.1. The standard InChI is InChI=1S/C16H17BrFNO/c1-16(19,12-6-4-7-13(9-12)20-2)10-11-5-3-8-14(18)15(11)17/h3-9H,10,19H2,1-2H3. The lowest BCUT2D eigenvalue weighted by atomic mass is 9.86. The highest BCUT2D eigenvalue weighted by Gasteiger charge is 2.23. The van der Waals surface area contributed by atoms with Gasteiger partial charge in [0.25, 0.3) is 0 Å². The molecule has 0 aliphatic heterocycles. The van der Waals surface area contributed by atoms with Gasteiger partial charge in [0.05, 0.1) is 11.6 Å². The molecule has 2 aromatic rings. The summed E-state index contributed by atoms with van der Waals surface area (Å²) in [6, 6.07) is 12.6. The number of hydrogen-bond acceptors (Lipinski definition) is 2. The van der Waals surface area contributed by atoms with Crippen LogP contribution in [-0.2, 0) is 12.0 Å². The van der Waals surface area contributed by atoms with Crippen LogP contribution in [0.2, 0.25) is 0 Å². The normalized spacial score (nSPS) is 13.8. The smallest absolute Gasteiger partial charge is 0.137 e. The van der Waals surface area contributed by atoms with Crippen molar-refractivity contribution >= 4 is 15.9 Å². The lowest BCUT2D eigenvalue weighted by molar-refractivity contribution is 0.410. The van der Waals surface area contributed by atoms with E-state index in [1.807, 2.05) is 37.3 Å². The first-order valence-corrected chi connectivity index (χ1v) is 7.09. The lowest BCUT2D eigenvalue weighted by Crippen LogP contribution is -2.35. The van der Waals surface area contributed by atoms with E-state index >= 15 is 0 Å². The van der Waals surface area contributed by atoms with Crippen molar-refractivity contribution in [3.63, 3.8) is 0 Å². The Morgan fingerprint density at radius 2 is 1.95 bits per heavy atom. The number of methoxy groups -OCH3 is 1. The summed E-state index contributed by atoms with van der Waals surface area (Å²) >= 11 is 3.28. The Morgan fingerprint density at radius 3 is 2.65 bits per heavy atom. The molecule has 0 spiro atoms. The molecule has 4 heteroatoms. The number of halogens is 2. The molecule has 20 heavy (non-hydrogen) atoms. The molecule has 0 heterocycles. The van der Waals surface area contributed by atoms with Gasteiger partial charge in [0.2, 0.25) is 0 Å². The molecule has 1 atom stereocenters. The van der Waals surface area contributed by atoms with Crippen molar-refractivity contribution in [3.8, 4) is 5.75 Å². The molecule has 0 saturated heterocycles. The van der Waals surface area contributed by atoms with E-state index in [-0.39, 0.29) is 5.82 Å². The van der Waals surface area contributed by atoms with Gasteiger partial charge in [0.1, 0.15) is 11.6 Å². The monoisotopic (exact) mass is 337 g/mol. The highest BCUT2D eigenvalue weighted by atomic mass is 79.9. The molecular weight excluding hydrogens is 321 g/mol. The number of benzene rings is 2. The molecule has 106 valence electrons. The van der Waals surface area contributed by atoms with Gasteiger partial charge in [-0.05, 0) is 58.6 Å². The quantitative estimate of drug-likeness (QED) is 0.914. The van der Waals surface area contributed by atoms with E-state index < -0.39 is 5.54 Å². The molecule has 0 bridgehead atoms. The predicted octanol–water partition coefficient (Wildman–Crippen LogP) is 4.01. The summed E-state index contributed by atoms with van der Waals surface area (Å²) < 4.78 is 19.3. The molecule has 0 aromatic heterocycles. The predicted molar refractivity (Wildman–Crippen MR) is 82.3 cm³/mol. The first kappa shape index (κ1) is 15.0. The van der Waals surface area contributed by atoms with Gasteiger partial charge in [-0.2, -0.15) is 0 Å². The van der Waals surface area contributed by atoms with E-state index in [9.17, 15) is 4.39 Å². The van der Waals surface area contributed by atoms with Crippen molar-refractivity contribution in [2.24, 2.45) is 5.73 Å². The zero-order valence-electron chi connectivity index (χ0n) is 11.5. The van der Waals surface area contributed by atoms with Gasteiger partial charge >= 0.3 is 0 Å². The van der Waals surface area contributed by atoms with E-state index in [1.165, 1.54) is 6.07 Å². The maximum atomic E-state index is 13.6. The van der Waals surface area contributed by atoms with Crippen LogP contribution in [0.4, 0.5) is 4.39 Å². The Morgan fingerprint density at radius 1 is 1.25 bits per heavy atom. The molecule has 1 unspecified atom stereocenters. The number of hydrogen-bond donors (Lipinski definition) is 1. The van der Waals surface area contributed by atoms with Crippen LogP contribution in [0, 0.1) is 5.82 Å². The largest absolute Gasteiger partial charge is 0.497 e. The van der Waals surface area contributed by atoms with E-state index in [0.29, 0.717) is 10.9 Å². The van der Waals surface area contributed by atoms with Gasteiger partial charge in [-0.3, -0.25) is 0 Å². The van der Waals surface area contributed by atoms with Crippen LogP contribution in [0.15, 0.2) is 46.9 Å². The van der Waals surface area contributed by atoms with Gasteiger partial charge in [-0.25, -0.2) is 4.39 Å². The van der Waals surface area contributed by atoms with Crippen molar-refractivity contribution in [1.29, 1.82) is 0 Å². The third-order valence-electron chi connectivity index (χ3n) is 3.32. The molecule has 0 saturated carbocycles. The Bertz CT molecular complexity index is 613. The van der Waals surface area contributed by atoms with Crippen molar-refractivity contribution in [2.45, 2.75) is 18.9 Å². The molecule has 0 amide bonds. The minimum Gasteiger partial charge on any atom is -0.497 e. The molecule has 2 rings (SSSR count). The maximum Gasteiger partial charge on any atom is 0.137 e. The molecule has 0 aliphatic rings. The first-order chi connectivity index (χ1) is 9.44. The summed E-state index contributed by atoms with van der Waals surface area (Å²) in [5.74, 6) is 0.487. The molecule has 2 N–H and O–H groups in total. The molecule has 2 nitrogen and oxygen atoms in total. The topological polar surface area (TPSA) is 35.2 Å². The van der Waals surface area contributed by atoms with E-state index in [2.05, 4.69) is 15.9 Å². The average Bonchev–Trinajstić information content (AvgIpc) is 2.44. The van der Waals surface area contributed by atoms with E-state index in [4.69, 9.17) is 10.5 Å². The van der Waals surface area contributed by atoms with Gasteiger partial charge < -0.3 is 10.5 Å². The van der Waals surface area contributed by atoms with Crippen LogP contribution < -0.4 is 10.5 Å². The average molecular weight is 338 g/mol. The summed E-state index contributed by atoms with van der Waals surface area (Å²) in [5, 5.41) is 0. The summed E-state index contributed by atoms with van der Waals surface area (Å²) in [7, 11) is 1.62. The SMILES string of the molecule is COc1cccc(C(C)(N)Cc2cccc(F)c2Br)c1. The van der Waals surface area contributed by atoms with Crippen LogP contribution in [0.1, 0.15) is 18.1 Å². The summed E-state index contributed by atoms with van der Waals surface area (Å²) in [6.07, 6.45) is 0.526. The van der Waals surface area contributed by atoms with Crippen LogP contribution >= 0.6 is 15.9 Å². The highest BCUT2D eigenvalue weighted by molar-refractivity contribution is 9.10. The second-order valence-electron chi connectivity index (χ2n) is 5.04.